The van der Waals surface area contributed by atoms with E-state index in [0.29, 0.717) is 12.5 Å². The Morgan fingerprint density at radius 1 is 1.29 bits per heavy atom. The van der Waals surface area contributed by atoms with E-state index in [1.165, 1.54) is 11.1 Å². The van der Waals surface area contributed by atoms with E-state index in [1.54, 1.807) is 7.11 Å². The maximum Gasteiger partial charge on any atom is 0.213 e. The minimum Gasteiger partial charge on any atom is -0.487 e. The zero-order valence-electron chi connectivity index (χ0n) is 12.2. The van der Waals surface area contributed by atoms with E-state index in [0.717, 1.165) is 30.7 Å². The highest BCUT2D eigenvalue weighted by Crippen LogP contribution is 2.30. The third kappa shape index (κ3) is 3.16. The van der Waals surface area contributed by atoms with Gasteiger partial charge in [-0.05, 0) is 48.6 Å². The van der Waals surface area contributed by atoms with Crippen LogP contribution in [0.4, 0.5) is 0 Å². The van der Waals surface area contributed by atoms with Crippen molar-refractivity contribution in [3.05, 3.63) is 53.2 Å². The van der Waals surface area contributed by atoms with Crippen molar-refractivity contribution in [1.82, 2.24) is 4.98 Å². The molecule has 2 aromatic rings. The molecule has 1 aromatic heterocycles. The SMILES string of the molecule is COc1cccc(COc2ccc3c(c2)CCCC3N)n1. The zero-order chi connectivity index (χ0) is 14.7. The summed E-state index contributed by atoms with van der Waals surface area (Å²) >= 11 is 0. The summed E-state index contributed by atoms with van der Waals surface area (Å²) in [6.45, 7) is 0.433. The number of nitrogens with two attached hydrogens (primary N) is 1. The standard InChI is InChI=1S/C17H20N2O2/c1-20-17-7-3-5-13(19-17)11-21-14-8-9-15-12(10-14)4-2-6-16(15)18/h3,5,7-10,16H,2,4,6,11,18H2,1H3. The quantitative estimate of drug-likeness (QED) is 0.937. The third-order valence-corrected chi connectivity index (χ3v) is 3.85. The summed E-state index contributed by atoms with van der Waals surface area (Å²) in [6.07, 6.45) is 3.30. The van der Waals surface area contributed by atoms with E-state index in [9.17, 15) is 0 Å². The average molecular weight is 284 g/mol. The van der Waals surface area contributed by atoms with Crippen molar-refractivity contribution in [2.45, 2.75) is 31.9 Å². The predicted octanol–water partition coefficient (Wildman–Crippen LogP) is 3.01. The van der Waals surface area contributed by atoms with Gasteiger partial charge in [0.2, 0.25) is 5.88 Å². The van der Waals surface area contributed by atoms with Crippen LogP contribution >= 0.6 is 0 Å². The lowest BCUT2D eigenvalue weighted by molar-refractivity contribution is 0.297. The Kier molecular flexibility index (Phi) is 4.06. The van der Waals surface area contributed by atoms with Crippen molar-refractivity contribution < 1.29 is 9.47 Å². The monoisotopic (exact) mass is 284 g/mol. The van der Waals surface area contributed by atoms with E-state index in [-0.39, 0.29) is 6.04 Å². The molecule has 0 bridgehead atoms. The van der Waals surface area contributed by atoms with Crippen molar-refractivity contribution in [2.24, 2.45) is 5.73 Å². The fourth-order valence-corrected chi connectivity index (χ4v) is 2.73. The average Bonchev–Trinajstić information content (AvgIpc) is 2.53. The molecule has 4 heteroatoms. The number of benzene rings is 1. The van der Waals surface area contributed by atoms with Crippen LogP contribution in [0.15, 0.2) is 36.4 Å². The van der Waals surface area contributed by atoms with Crippen LogP contribution in [-0.4, -0.2) is 12.1 Å². The largest absolute Gasteiger partial charge is 0.487 e. The molecule has 1 aliphatic carbocycles. The predicted molar refractivity (Wildman–Crippen MR) is 81.4 cm³/mol. The molecule has 0 saturated carbocycles. The Morgan fingerprint density at radius 3 is 3.05 bits per heavy atom. The van der Waals surface area contributed by atoms with Crippen molar-refractivity contribution in [1.29, 1.82) is 0 Å². The van der Waals surface area contributed by atoms with Gasteiger partial charge in [-0.3, -0.25) is 0 Å². The molecule has 0 amide bonds. The minimum atomic E-state index is 0.169. The summed E-state index contributed by atoms with van der Waals surface area (Å²) in [6, 6.07) is 12.0. The highest BCUT2D eigenvalue weighted by molar-refractivity contribution is 5.39. The highest BCUT2D eigenvalue weighted by Gasteiger charge is 2.17. The molecule has 110 valence electrons. The molecule has 0 aliphatic heterocycles. The lowest BCUT2D eigenvalue weighted by Crippen LogP contribution is -2.17. The molecule has 2 N–H and O–H groups in total. The minimum absolute atomic E-state index is 0.169. The summed E-state index contributed by atoms with van der Waals surface area (Å²) in [5.74, 6) is 1.47. The van der Waals surface area contributed by atoms with Gasteiger partial charge in [-0.15, -0.1) is 0 Å². The molecule has 1 heterocycles. The number of nitrogens with zero attached hydrogens (tertiary/aromatic N) is 1. The van der Waals surface area contributed by atoms with Gasteiger partial charge in [0.05, 0.1) is 12.8 Å². The number of aromatic nitrogens is 1. The lowest BCUT2D eigenvalue weighted by Gasteiger charge is -2.22. The Labute approximate surface area is 124 Å². The molecular formula is C17H20N2O2. The molecule has 1 aromatic carbocycles. The smallest absolute Gasteiger partial charge is 0.213 e. The highest BCUT2D eigenvalue weighted by atomic mass is 16.5. The molecule has 4 nitrogen and oxygen atoms in total. The molecule has 3 rings (SSSR count). The van der Waals surface area contributed by atoms with Crippen molar-refractivity contribution in [2.75, 3.05) is 7.11 Å². The fourth-order valence-electron chi connectivity index (χ4n) is 2.73. The molecule has 1 atom stereocenters. The van der Waals surface area contributed by atoms with Crippen molar-refractivity contribution >= 4 is 0 Å². The van der Waals surface area contributed by atoms with Crippen molar-refractivity contribution in [3.63, 3.8) is 0 Å². The molecular weight excluding hydrogens is 264 g/mol. The van der Waals surface area contributed by atoms with E-state index in [1.807, 2.05) is 24.3 Å². The summed E-state index contributed by atoms with van der Waals surface area (Å²) < 4.78 is 10.9. The molecule has 0 fully saturated rings. The number of rotatable bonds is 4. The molecule has 1 aliphatic rings. The van der Waals surface area contributed by atoms with Crippen LogP contribution in [-0.2, 0) is 13.0 Å². The number of methoxy groups -OCH3 is 1. The number of pyridine rings is 1. The second-order valence-electron chi connectivity index (χ2n) is 5.32. The van der Waals surface area contributed by atoms with Crippen LogP contribution in [0.5, 0.6) is 11.6 Å². The van der Waals surface area contributed by atoms with Crippen LogP contribution in [0.2, 0.25) is 0 Å². The van der Waals surface area contributed by atoms with Crippen LogP contribution < -0.4 is 15.2 Å². The lowest BCUT2D eigenvalue weighted by atomic mass is 9.88. The fraction of sp³-hybridized carbons (Fsp3) is 0.353. The first-order valence-corrected chi connectivity index (χ1v) is 7.27. The van der Waals surface area contributed by atoms with Crippen LogP contribution in [0.3, 0.4) is 0 Å². The first-order valence-electron chi connectivity index (χ1n) is 7.27. The van der Waals surface area contributed by atoms with E-state index < -0.39 is 0 Å². The van der Waals surface area contributed by atoms with Gasteiger partial charge in [-0.2, -0.15) is 0 Å². The van der Waals surface area contributed by atoms with Crippen LogP contribution in [0.1, 0.15) is 35.7 Å². The first kappa shape index (κ1) is 13.9. The summed E-state index contributed by atoms with van der Waals surface area (Å²) in [7, 11) is 1.61. The number of hydrogen-bond acceptors (Lipinski definition) is 4. The summed E-state index contributed by atoms with van der Waals surface area (Å²) in [5.41, 5.74) is 9.55. The maximum atomic E-state index is 6.13. The molecule has 0 saturated heterocycles. The molecule has 0 spiro atoms. The Balaban J connectivity index is 1.70. The Morgan fingerprint density at radius 2 is 2.19 bits per heavy atom. The van der Waals surface area contributed by atoms with Gasteiger partial charge in [0.15, 0.2) is 0 Å². The van der Waals surface area contributed by atoms with Crippen molar-refractivity contribution in [3.8, 4) is 11.6 Å². The number of fused-ring (bicyclic) bond motifs is 1. The van der Waals surface area contributed by atoms with Gasteiger partial charge in [-0.1, -0.05) is 12.1 Å². The van der Waals surface area contributed by atoms with Gasteiger partial charge in [0.1, 0.15) is 12.4 Å². The first-order chi connectivity index (χ1) is 10.3. The second kappa shape index (κ2) is 6.14. The van der Waals surface area contributed by atoms with E-state index in [2.05, 4.69) is 17.1 Å². The van der Waals surface area contributed by atoms with Crippen LogP contribution in [0.25, 0.3) is 0 Å². The molecule has 0 radical (unpaired) electrons. The second-order valence-corrected chi connectivity index (χ2v) is 5.32. The molecule has 21 heavy (non-hydrogen) atoms. The Hall–Kier alpha value is -2.07. The summed E-state index contributed by atoms with van der Waals surface area (Å²) in [4.78, 5) is 4.34. The van der Waals surface area contributed by atoms with Gasteiger partial charge in [0, 0.05) is 12.1 Å². The summed E-state index contributed by atoms with van der Waals surface area (Å²) in [5, 5.41) is 0. The zero-order valence-corrected chi connectivity index (χ0v) is 12.2. The van der Waals surface area contributed by atoms with Gasteiger partial charge in [0.25, 0.3) is 0 Å². The van der Waals surface area contributed by atoms with Crippen LogP contribution in [0, 0.1) is 0 Å². The number of hydrogen-bond donors (Lipinski definition) is 1. The topological polar surface area (TPSA) is 57.4 Å². The number of ether oxygens (including phenoxy) is 2. The van der Waals surface area contributed by atoms with Gasteiger partial charge in [-0.25, -0.2) is 4.98 Å². The maximum absolute atomic E-state index is 6.13. The van der Waals surface area contributed by atoms with Gasteiger partial charge < -0.3 is 15.2 Å². The normalized spacial score (nSPS) is 17.1. The third-order valence-electron chi connectivity index (χ3n) is 3.85. The van der Waals surface area contributed by atoms with E-state index in [4.69, 9.17) is 15.2 Å². The molecule has 1 unspecified atom stereocenters. The van der Waals surface area contributed by atoms with Gasteiger partial charge >= 0.3 is 0 Å². The van der Waals surface area contributed by atoms with E-state index >= 15 is 0 Å². The Bertz CT molecular complexity index is 628. The number of aryl methyl sites for hydroxylation is 1.